The number of nitrogens with zero attached hydrogens (tertiary/aromatic N) is 3. The molecule has 33 heavy (non-hydrogen) atoms. The first-order valence-corrected chi connectivity index (χ1v) is 11.8. The lowest BCUT2D eigenvalue weighted by Crippen LogP contribution is -2.18. The number of ether oxygens (including phenoxy) is 3. The molecule has 10 heteroatoms. The van der Waals surface area contributed by atoms with Crippen LogP contribution in [0.5, 0.6) is 17.2 Å². The predicted molar refractivity (Wildman–Crippen MR) is 123 cm³/mol. The fourth-order valence-electron chi connectivity index (χ4n) is 3.82. The number of thioether (sulfide) groups is 1. The highest BCUT2D eigenvalue weighted by molar-refractivity contribution is 7.99. The second-order valence-corrected chi connectivity index (χ2v) is 8.74. The molecule has 1 unspecified atom stereocenters. The number of fused-ring (bicyclic) bond motifs is 1. The molecule has 0 spiro atoms. The van der Waals surface area contributed by atoms with Crippen molar-refractivity contribution in [1.29, 1.82) is 0 Å². The standard InChI is InChI=1S/C23H24N4O5S/c28-17-6-3-15(4-7-17)22-25-26-23(27(22)13-18-2-1-9-30-18)33-14-21(29)24-16-5-8-19-20(12-16)32-11-10-31-19/h3-8,12,18,28H,1-2,9-11,13-14H2,(H,24,29). The molecule has 2 N–H and O–H groups in total. The molecule has 0 aliphatic carbocycles. The minimum absolute atomic E-state index is 0.0859. The summed E-state index contributed by atoms with van der Waals surface area (Å²) in [5, 5.41) is 21.8. The third-order valence-electron chi connectivity index (χ3n) is 5.41. The van der Waals surface area contributed by atoms with Gasteiger partial charge < -0.3 is 24.6 Å². The Morgan fingerprint density at radius 1 is 1.09 bits per heavy atom. The molecule has 1 saturated heterocycles. The number of phenols is 1. The van der Waals surface area contributed by atoms with Crippen LogP contribution in [0, 0.1) is 0 Å². The molecule has 2 aliphatic rings. The van der Waals surface area contributed by atoms with Crippen LogP contribution in [-0.2, 0) is 16.1 Å². The van der Waals surface area contributed by atoms with Gasteiger partial charge in [-0.25, -0.2) is 0 Å². The molecule has 0 saturated carbocycles. The van der Waals surface area contributed by atoms with Crippen molar-refractivity contribution in [2.24, 2.45) is 0 Å². The van der Waals surface area contributed by atoms with Crippen molar-refractivity contribution in [3.63, 3.8) is 0 Å². The quantitative estimate of drug-likeness (QED) is 0.509. The number of nitrogens with one attached hydrogen (secondary N) is 1. The van der Waals surface area contributed by atoms with Crippen molar-refractivity contribution in [3.05, 3.63) is 42.5 Å². The maximum Gasteiger partial charge on any atom is 0.234 e. The first kappa shape index (κ1) is 21.6. The predicted octanol–water partition coefficient (Wildman–Crippen LogP) is 3.33. The number of rotatable bonds is 7. The molecule has 1 amide bonds. The smallest absolute Gasteiger partial charge is 0.234 e. The molecule has 1 atom stereocenters. The topological polar surface area (TPSA) is 108 Å². The highest BCUT2D eigenvalue weighted by Gasteiger charge is 2.22. The molecule has 3 heterocycles. The minimum Gasteiger partial charge on any atom is -0.508 e. The number of carbonyl (C=O) groups is 1. The summed E-state index contributed by atoms with van der Waals surface area (Å²) in [5.74, 6) is 2.19. The fourth-order valence-corrected chi connectivity index (χ4v) is 4.57. The molecule has 0 bridgehead atoms. The van der Waals surface area contributed by atoms with Crippen molar-refractivity contribution in [3.8, 4) is 28.6 Å². The van der Waals surface area contributed by atoms with E-state index in [9.17, 15) is 9.90 Å². The number of aromatic nitrogens is 3. The highest BCUT2D eigenvalue weighted by Crippen LogP contribution is 2.33. The molecule has 0 radical (unpaired) electrons. The number of aromatic hydroxyl groups is 1. The molecule has 1 aromatic heterocycles. The summed E-state index contributed by atoms with van der Waals surface area (Å²) in [4.78, 5) is 12.6. The van der Waals surface area contributed by atoms with Gasteiger partial charge in [-0.3, -0.25) is 9.36 Å². The van der Waals surface area contributed by atoms with E-state index in [1.165, 1.54) is 11.8 Å². The summed E-state index contributed by atoms with van der Waals surface area (Å²) < 4.78 is 18.9. The highest BCUT2D eigenvalue weighted by atomic mass is 32.2. The van der Waals surface area contributed by atoms with Gasteiger partial charge in [-0.15, -0.1) is 10.2 Å². The molecule has 9 nitrogen and oxygen atoms in total. The summed E-state index contributed by atoms with van der Waals surface area (Å²) in [6.45, 7) is 2.37. The molecule has 1 fully saturated rings. The van der Waals surface area contributed by atoms with Crippen molar-refractivity contribution in [1.82, 2.24) is 14.8 Å². The molecular weight excluding hydrogens is 444 g/mol. The maximum atomic E-state index is 12.6. The normalized spacial score (nSPS) is 17.2. The van der Waals surface area contributed by atoms with Gasteiger partial charge in [0.05, 0.1) is 18.4 Å². The molecule has 3 aromatic rings. The lowest BCUT2D eigenvalue weighted by Gasteiger charge is -2.19. The van der Waals surface area contributed by atoms with Crippen LogP contribution in [-0.4, -0.2) is 57.5 Å². The Kier molecular flexibility index (Phi) is 6.36. The summed E-state index contributed by atoms with van der Waals surface area (Å²) in [5.41, 5.74) is 1.49. The third-order valence-corrected chi connectivity index (χ3v) is 6.38. The maximum absolute atomic E-state index is 12.6. The van der Waals surface area contributed by atoms with Gasteiger partial charge in [-0.05, 0) is 49.2 Å². The fraction of sp³-hybridized carbons (Fsp3) is 0.348. The van der Waals surface area contributed by atoms with E-state index in [0.29, 0.717) is 47.9 Å². The van der Waals surface area contributed by atoms with E-state index in [2.05, 4.69) is 15.5 Å². The molecular formula is C23H24N4O5S. The first-order valence-electron chi connectivity index (χ1n) is 10.8. The van der Waals surface area contributed by atoms with Crippen molar-refractivity contribution in [2.75, 3.05) is 30.9 Å². The largest absolute Gasteiger partial charge is 0.508 e. The van der Waals surface area contributed by atoms with Gasteiger partial charge in [0.15, 0.2) is 22.5 Å². The van der Waals surface area contributed by atoms with Crippen molar-refractivity contribution < 1.29 is 24.1 Å². The van der Waals surface area contributed by atoms with Crippen LogP contribution in [0.2, 0.25) is 0 Å². The lowest BCUT2D eigenvalue weighted by atomic mass is 10.2. The van der Waals surface area contributed by atoms with Crippen molar-refractivity contribution >= 4 is 23.4 Å². The summed E-state index contributed by atoms with van der Waals surface area (Å²) in [6.07, 6.45) is 2.09. The average Bonchev–Trinajstić information content (AvgIpc) is 3.49. The van der Waals surface area contributed by atoms with Gasteiger partial charge in [-0.2, -0.15) is 0 Å². The number of amides is 1. The monoisotopic (exact) mass is 468 g/mol. The number of benzene rings is 2. The van der Waals surface area contributed by atoms with Crippen LogP contribution in [0.25, 0.3) is 11.4 Å². The van der Waals surface area contributed by atoms with Crippen molar-refractivity contribution in [2.45, 2.75) is 30.6 Å². The Morgan fingerprint density at radius 2 is 1.91 bits per heavy atom. The van der Waals surface area contributed by atoms with Gasteiger partial charge in [-0.1, -0.05) is 11.8 Å². The third kappa shape index (κ3) is 5.07. The van der Waals surface area contributed by atoms with Gasteiger partial charge in [0.2, 0.25) is 5.91 Å². The van der Waals surface area contributed by atoms with E-state index in [1.54, 1.807) is 42.5 Å². The van der Waals surface area contributed by atoms with Crippen LogP contribution < -0.4 is 14.8 Å². The molecule has 5 rings (SSSR count). The zero-order valence-electron chi connectivity index (χ0n) is 17.9. The number of carbonyl (C=O) groups excluding carboxylic acids is 1. The number of hydrogen-bond donors (Lipinski definition) is 2. The van der Waals surface area contributed by atoms with Crippen LogP contribution in [0.3, 0.4) is 0 Å². The van der Waals surface area contributed by atoms with Crippen LogP contribution in [0.1, 0.15) is 12.8 Å². The SMILES string of the molecule is O=C(CSc1nnc(-c2ccc(O)cc2)n1CC1CCCO1)Nc1ccc2c(c1)OCCO2. The lowest BCUT2D eigenvalue weighted by molar-refractivity contribution is -0.113. The number of anilines is 1. The number of phenolic OH excluding ortho intramolecular Hbond substituents is 1. The first-order chi connectivity index (χ1) is 16.2. The Balaban J connectivity index is 1.29. The second-order valence-electron chi connectivity index (χ2n) is 7.79. The Morgan fingerprint density at radius 3 is 2.70 bits per heavy atom. The van der Waals surface area contributed by atoms with E-state index in [1.807, 2.05) is 4.57 Å². The Labute approximate surface area is 195 Å². The summed E-state index contributed by atoms with van der Waals surface area (Å²) >= 11 is 1.32. The van der Waals surface area contributed by atoms with E-state index in [4.69, 9.17) is 14.2 Å². The van der Waals surface area contributed by atoms with Crippen LogP contribution in [0.4, 0.5) is 5.69 Å². The number of hydrogen-bond acceptors (Lipinski definition) is 8. The van der Waals surface area contributed by atoms with Crippen LogP contribution >= 0.6 is 11.8 Å². The zero-order valence-corrected chi connectivity index (χ0v) is 18.7. The van der Waals surface area contributed by atoms with Gasteiger partial charge in [0.1, 0.15) is 19.0 Å². The van der Waals surface area contributed by atoms with Crippen LogP contribution in [0.15, 0.2) is 47.6 Å². The summed E-state index contributed by atoms with van der Waals surface area (Å²) in [7, 11) is 0. The van der Waals surface area contributed by atoms with Gasteiger partial charge in [0.25, 0.3) is 0 Å². The average molecular weight is 469 g/mol. The van der Waals surface area contributed by atoms with Gasteiger partial charge in [0, 0.05) is 23.9 Å². The van der Waals surface area contributed by atoms with E-state index < -0.39 is 0 Å². The van der Waals surface area contributed by atoms with E-state index in [0.717, 1.165) is 25.0 Å². The Hall–Kier alpha value is -3.24. The minimum atomic E-state index is -0.158. The molecule has 2 aliphatic heterocycles. The summed E-state index contributed by atoms with van der Waals surface area (Å²) in [6, 6.07) is 12.2. The van der Waals surface area contributed by atoms with E-state index in [-0.39, 0.29) is 23.5 Å². The van der Waals surface area contributed by atoms with Gasteiger partial charge >= 0.3 is 0 Å². The Bertz CT molecular complexity index is 1130. The van der Waals surface area contributed by atoms with E-state index >= 15 is 0 Å². The zero-order chi connectivity index (χ0) is 22.6. The molecule has 2 aromatic carbocycles. The molecule has 172 valence electrons. The second kappa shape index (κ2) is 9.72.